The lowest BCUT2D eigenvalue weighted by Gasteiger charge is -2.22. The number of anilines is 1. The molecule has 0 heterocycles. The first kappa shape index (κ1) is 23.7. The second-order valence-corrected chi connectivity index (χ2v) is 7.86. The second kappa shape index (κ2) is 12.2. The van der Waals surface area contributed by atoms with E-state index in [1.807, 2.05) is 49.4 Å². The molecule has 0 aliphatic carbocycles. The van der Waals surface area contributed by atoms with E-state index in [1.165, 1.54) is 4.90 Å². The zero-order chi connectivity index (χ0) is 21.9. The Kier molecular flexibility index (Phi) is 9.62. The standard InChI is InChI=1S/C25H31ClN2O2/c1-4-5-6-10-17-27-24(29)23(18-19(2)20-13-15-21(26)16-14-20)25(30)28(3)22-11-8-7-9-12-22/h7-9,11-16,18,23H,4-6,10,17H2,1-3H3,(H,27,29)/b19-18+. The lowest BCUT2D eigenvalue weighted by atomic mass is 9.98. The number of nitrogens with zero attached hydrogens (tertiary/aromatic N) is 1. The monoisotopic (exact) mass is 426 g/mol. The maximum absolute atomic E-state index is 13.2. The Bertz CT molecular complexity index is 847. The number of carbonyl (C=O) groups excluding carboxylic acids is 2. The van der Waals surface area contributed by atoms with Crippen molar-refractivity contribution in [3.63, 3.8) is 0 Å². The van der Waals surface area contributed by atoms with Gasteiger partial charge in [0.15, 0.2) is 0 Å². The topological polar surface area (TPSA) is 49.4 Å². The molecule has 2 amide bonds. The minimum absolute atomic E-state index is 0.263. The Hall–Kier alpha value is -2.59. The molecule has 2 aromatic rings. The molecule has 0 fully saturated rings. The molecule has 0 aromatic heterocycles. The molecule has 2 rings (SSSR count). The van der Waals surface area contributed by atoms with E-state index in [2.05, 4.69) is 12.2 Å². The van der Waals surface area contributed by atoms with Crippen molar-refractivity contribution in [1.29, 1.82) is 0 Å². The summed E-state index contributed by atoms with van der Waals surface area (Å²) in [6.45, 7) is 4.63. The van der Waals surface area contributed by atoms with Crippen LogP contribution in [0, 0.1) is 5.92 Å². The number of hydrogen-bond acceptors (Lipinski definition) is 2. The summed E-state index contributed by atoms with van der Waals surface area (Å²) in [5.41, 5.74) is 2.53. The molecule has 30 heavy (non-hydrogen) atoms. The van der Waals surface area contributed by atoms with Crippen molar-refractivity contribution in [2.75, 3.05) is 18.5 Å². The zero-order valence-corrected chi connectivity index (χ0v) is 18.8. The maximum atomic E-state index is 13.2. The Morgan fingerprint density at radius 1 is 1.03 bits per heavy atom. The van der Waals surface area contributed by atoms with Crippen molar-refractivity contribution in [2.45, 2.75) is 39.5 Å². The molecular formula is C25H31ClN2O2. The Labute approximate surface area is 184 Å². The summed E-state index contributed by atoms with van der Waals surface area (Å²) in [7, 11) is 1.70. The van der Waals surface area contributed by atoms with Gasteiger partial charge in [0.2, 0.25) is 11.8 Å². The van der Waals surface area contributed by atoms with Crippen LogP contribution in [0.5, 0.6) is 0 Å². The molecule has 0 aliphatic rings. The molecule has 1 atom stereocenters. The van der Waals surface area contributed by atoms with Crippen molar-refractivity contribution in [3.8, 4) is 0 Å². The van der Waals surface area contributed by atoms with Crippen LogP contribution in [0.25, 0.3) is 5.57 Å². The Balaban J connectivity index is 2.22. The molecule has 0 saturated heterocycles. The molecule has 0 radical (unpaired) electrons. The molecule has 160 valence electrons. The SMILES string of the molecule is CCCCCCNC(=O)C(/C=C(\C)c1ccc(Cl)cc1)C(=O)N(C)c1ccccc1. The molecule has 0 bridgehead atoms. The summed E-state index contributed by atoms with van der Waals surface area (Å²) in [4.78, 5) is 27.7. The van der Waals surface area contributed by atoms with Crippen molar-refractivity contribution in [3.05, 3.63) is 71.3 Å². The van der Waals surface area contributed by atoms with Crippen molar-refractivity contribution < 1.29 is 9.59 Å². The van der Waals surface area contributed by atoms with Crippen LogP contribution < -0.4 is 10.2 Å². The van der Waals surface area contributed by atoms with Crippen LogP contribution in [0.1, 0.15) is 45.1 Å². The predicted octanol–water partition coefficient (Wildman–Crippen LogP) is 5.72. The highest BCUT2D eigenvalue weighted by Crippen LogP contribution is 2.21. The first-order chi connectivity index (χ1) is 14.4. The van der Waals surface area contributed by atoms with Gasteiger partial charge in [-0.25, -0.2) is 0 Å². The quantitative estimate of drug-likeness (QED) is 0.390. The van der Waals surface area contributed by atoms with Gasteiger partial charge in [0.25, 0.3) is 0 Å². The van der Waals surface area contributed by atoms with Gasteiger partial charge in [0, 0.05) is 24.3 Å². The number of benzene rings is 2. The Morgan fingerprint density at radius 2 is 1.70 bits per heavy atom. The summed E-state index contributed by atoms with van der Waals surface area (Å²) in [6, 6.07) is 16.7. The van der Waals surface area contributed by atoms with Gasteiger partial charge in [-0.05, 0) is 48.7 Å². The van der Waals surface area contributed by atoms with Crippen LogP contribution in [0.3, 0.4) is 0 Å². The van der Waals surface area contributed by atoms with Gasteiger partial charge < -0.3 is 10.2 Å². The number of allylic oxidation sites excluding steroid dienone is 1. The number of hydrogen-bond donors (Lipinski definition) is 1. The van der Waals surface area contributed by atoms with E-state index in [-0.39, 0.29) is 11.8 Å². The molecular weight excluding hydrogens is 396 g/mol. The van der Waals surface area contributed by atoms with E-state index in [0.717, 1.165) is 42.5 Å². The van der Waals surface area contributed by atoms with Crippen molar-refractivity contribution >= 4 is 34.7 Å². The number of amides is 2. The summed E-state index contributed by atoms with van der Waals surface area (Å²) in [5, 5.41) is 3.59. The van der Waals surface area contributed by atoms with Gasteiger partial charge in [-0.2, -0.15) is 0 Å². The Morgan fingerprint density at radius 3 is 2.33 bits per heavy atom. The normalized spacial score (nSPS) is 12.3. The van der Waals surface area contributed by atoms with Crippen molar-refractivity contribution in [1.82, 2.24) is 5.32 Å². The molecule has 0 saturated carbocycles. The van der Waals surface area contributed by atoms with Crippen LogP contribution in [-0.4, -0.2) is 25.4 Å². The molecule has 0 aliphatic heterocycles. The lowest BCUT2D eigenvalue weighted by Crippen LogP contribution is -2.41. The molecule has 1 N–H and O–H groups in total. The first-order valence-electron chi connectivity index (χ1n) is 10.5. The van der Waals surface area contributed by atoms with Gasteiger partial charge in [-0.1, -0.05) is 74.2 Å². The fourth-order valence-electron chi connectivity index (χ4n) is 3.18. The molecule has 1 unspecified atom stereocenters. The van der Waals surface area contributed by atoms with Crippen LogP contribution in [0.15, 0.2) is 60.7 Å². The van der Waals surface area contributed by atoms with E-state index in [0.29, 0.717) is 11.6 Å². The third-order valence-electron chi connectivity index (χ3n) is 5.07. The highest BCUT2D eigenvalue weighted by molar-refractivity contribution is 6.30. The van der Waals surface area contributed by atoms with Crippen LogP contribution >= 0.6 is 11.6 Å². The number of carbonyl (C=O) groups is 2. The largest absolute Gasteiger partial charge is 0.355 e. The molecule has 2 aromatic carbocycles. The minimum atomic E-state index is -0.906. The molecule has 5 heteroatoms. The minimum Gasteiger partial charge on any atom is -0.355 e. The predicted molar refractivity (Wildman–Crippen MR) is 126 cm³/mol. The highest BCUT2D eigenvalue weighted by atomic mass is 35.5. The smallest absolute Gasteiger partial charge is 0.243 e. The summed E-state index contributed by atoms with van der Waals surface area (Å²) in [5.74, 6) is -1.44. The van der Waals surface area contributed by atoms with Gasteiger partial charge >= 0.3 is 0 Å². The van der Waals surface area contributed by atoms with E-state index < -0.39 is 5.92 Å². The number of nitrogens with one attached hydrogen (secondary N) is 1. The van der Waals surface area contributed by atoms with Crippen LogP contribution in [-0.2, 0) is 9.59 Å². The first-order valence-corrected chi connectivity index (χ1v) is 10.9. The summed E-state index contributed by atoms with van der Waals surface area (Å²) >= 11 is 5.98. The van der Waals surface area contributed by atoms with Gasteiger partial charge in [0.1, 0.15) is 5.92 Å². The van der Waals surface area contributed by atoms with Crippen LogP contribution in [0.2, 0.25) is 5.02 Å². The molecule has 4 nitrogen and oxygen atoms in total. The van der Waals surface area contributed by atoms with E-state index >= 15 is 0 Å². The van der Waals surface area contributed by atoms with Gasteiger partial charge in [-0.15, -0.1) is 0 Å². The third-order valence-corrected chi connectivity index (χ3v) is 5.32. The highest BCUT2D eigenvalue weighted by Gasteiger charge is 2.28. The van der Waals surface area contributed by atoms with Crippen LogP contribution in [0.4, 0.5) is 5.69 Å². The molecule has 0 spiro atoms. The summed E-state index contributed by atoms with van der Waals surface area (Å²) in [6.07, 6.45) is 6.00. The number of unbranched alkanes of at least 4 members (excludes halogenated alkanes) is 3. The van der Waals surface area contributed by atoms with Gasteiger partial charge in [0.05, 0.1) is 0 Å². The lowest BCUT2D eigenvalue weighted by molar-refractivity contribution is -0.131. The number of para-hydroxylation sites is 1. The van der Waals surface area contributed by atoms with Crippen molar-refractivity contribution in [2.24, 2.45) is 5.92 Å². The number of rotatable bonds is 10. The third kappa shape index (κ3) is 7.03. The summed E-state index contributed by atoms with van der Waals surface area (Å²) < 4.78 is 0. The average molecular weight is 427 g/mol. The zero-order valence-electron chi connectivity index (χ0n) is 18.0. The fourth-order valence-corrected chi connectivity index (χ4v) is 3.30. The number of halogens is 1. The average Bonchev–Trinajstić information content (AvgIpc) is 2.77. The maximum Gasteiger partial charge on any atom is 0.243 e. The van der Waals surface area contributed by atoms with E-state index in [9.17, 15) is 9.59 Å². The van der Waals surface area contributed by atoms with E-state index in [1.54, 1.807) is 25.3 Å². The fraction of sp³-hybridized carbons (Fsp3) is 0.360. The second-order valence-electron chi connectivity index (χ2n) is 7.42. The van der Waals surface area contributed by atoms with Gasteiger partial charge in [-0.3, -0.25) is 9.59 Å². The van der Waals surface area contributed by atoms with E-state index in [4.69, 9.17) is 11.6 Å².